The highest BCUT2D eigenvalue weighted by atomic mass is 32.1. The van der Waals surface area contributed by atoms with Crippen LogP contribution in [0.5, 0.6) is 0 Å². The van der Waals surface area contributed by atoms with E-state index in [4.69, 9.17) is 4.74 Å². The molecule has 1 aromatic heterocycles. The molecule has 0 radical (unpaired) electrons. The number of urea groups is 1. The summed E-state index contributed by atoms with van der Waals surface area (Å²) in [5.41, 5.74) is 0.479. The highest BCUT2D eigenvalue weighted by Gasteiger charge is 2.21. The van der Waals surface area contributed by atoms with E-state index in [-0.39, 0.29) is 24.0 Å². The second-order valence-corrected chi connectivity index (χ2v) is 6.79. The van der Waals surface area contributed by atoms with Gasteiger partial charge in [0.1, 0.15) is 6.54 Å². The number of rotatable bonds is 6. The first-order valence-corrected chi connectivity index (χ1v) is 7.87. The Bertz CT molecular complexity index is 510. The molecule has 0 fully saturated rings. The minimum atomic E-state index is -0.370. The van der Waals surface area contributed by atoms with E-state index in [9.17, 15) is 9.59 Å². The molecular weight excluding hydrogens is 304 g/mol. The van der Waals surface area contributed by atoms with Crippen molar-refractivity contribution in [2.75, 3.05) is 32.1 Å². The molecule has 0 atom stereocenters. The van der Waals surface area contributed by atoms with Gasteiger partial charge in [0.05, 0.1) is 12.3 Å². The lowest BCUT2D eigenvalue weighted by Gasteiger charge is -2.27. The van der Waals surface area contributed by atoms with Gasteiger partial charge >= 0.3 is 6.03 Å². The van der Waals surface area contributed by atoms with E-state index in [1.807, 2.05) is 33.1 Å². The van der Waals surface area contributed by atoms with Gasteiger partial charge in [-0.1, -0.05) is 0 Å². The Balaban J connectivity index is 2.63. The second kappa shape index (κ2) is 8.09. The van der Waals surface area contributed by atoms with Crippen LogP contribution in [-0.2, 0) is 9.53 Å². The molecule has 0 saturated carbocycles. The molecular formula is C14H24N4O3S. The van der Waals surface area contributed by atoms with Crippen LogP contribution >= 0.6 is 11.3 Å². The molecule has 1 heterocycles. The fourth-order valence-corrected chi connectivity index (χ4v) is 2.30. The largest absolute Gasteiger partial charge is 0.383 e. The quantitative estimate of drug-likeness (QED) is 0.835. The van der Waals surface area contributed by atoms with E-state index >= 15 is 0 Å². The molecule has 0 aliphatic rings. The number of aryl methyl sites for hydroxylation is 1. The maximum absolute atomic E-state index is 12.2. The van der Waals surface area contributed by atoms with Crippen molar-refractivity contribution in [3.05, 3.63) is 11.1 Å². The summed E-state index contributed by atoms with van der Waals surface area (Å²) in [5.74, 6) is -0.283. The molecule has 0 unspecified atom stereocenters. The van der Waals surface area contributed by atoms with Crippen molar-refractivity contribution in [3.8, 4) is 0 Å². The number of nitrogens with one attached hydrogen (secondary N) is 2. The first kappa shape index (κ1) is 18.4. The van der Waals surface area contributed by atoms with Gasteiger partial charge in [0.25, 0.3) is 0 Å². The zero-order chi connectivity index (χ0) is 16.8. The average molecular weight is 328 g/mol. The highest BCUT2D eigenvalue weighted by Crippen LogP contribution is 2.14. The molecule has 0 saturated heterocycles. The molecule has 1 aromatic rings. The van der Waals surface area contributed by atoms with Crippen LogP contribution in [0.4, 0.5) is 9.93 Å². The summed E-state index contributed by atoms with van der Waals surface area (Å²) < 4.78 is 4.99. The van der Waals surface area contributed by atoms with Crippen LogP contribution in [0.3, 0.4) is 0 Å². The van der Waals surface area contributed by atoms with Gasteiger partial charge in [0.15, 0.2) is 5.13 Å². The van der Waals surface area contributed by atoms with Gasteiger partial charge in [-0.05, 0) is 27.7 Å². The molecule has 1 rings (SSSR count). The molecule has 3 amide bonds. The number of nitrogens with zero attached hydrogens (tertiary/aromatic N) is 2. The van der Waals surface area contributed by atoms with Crippen molar-refractivity contribution in [2.45, 2.75) is 33.2 Å². The molecule has 124 valence electrons. The van der Waals surface area contributed by atoms with E-state index in [1.165, 1.54) is 16.2 Å². The first-order valence-electron chi connectivity index (χ1n) is 6.99. The van der Waals surface area contributed by atoms with E-state index in [1.54, 1.807) is 7.11 Å². The number of hydrogen-bond acceptors (Lipinski definition) is 5. The van der Waals surface area contributed by atoms with Gasteiger partial charge in [0, 0.05) is 24.6 Å². The summed E-state index contributed by atoms with van der Waals surface area (Å²) in [6, 6.07) is -0.296. The third-order valence-electron chi connectivity index (χ3n) is 2.53. The Morgan fingerprint density at radius 1 is 1.41 bits per heavy atom. The smallest absolute Gasteiger partial charge is 0.318 e. The van der Waals surface area contributed by atoms with Crippen molar-refractivity contribution in [3.63, 3.8) is 0 Å². The SMILES string of the molecule is COCCN(CC(=O)Nc1nc(C)cs1)C(=O)NC(C)(C)C. The molecule has 22 heavy (non-hydrogen) atoms. The lowest BCUT2D eigenvalue weighted by molar-refractivity contribution is -0.116. The van der Waals surface area contributed by atoms with Gasteiger partial charge in [0.2, 0.25) is 5.91 Å². The monoisotopic (exact) mass is 328 g/mol. The Morgan fingerprint density at radius 3 is 2.59 bits per heavy atom. The molecule has 0 aliphatic heterocycles. The lowest BCUT2D eigenvalue weighted by atomic mass is 10.1. The highest BCUT2D eigenvalue weighted by molar-refractivity contribution is 7.13. The van der Waals surface area contributed by atoms with Gasteiger partial charge < -0.3 is 20.3 Å². The van der Waals surface area contributed by atoms with Gasteiger partial charge in [-0.3, -0.25) is 4.79 Å². The Labute approximate surface area is 135 Å². The van der Waals surface area contributed by atoms with Crippen LogP contribution < -0.4 is 10.6 Å². The molecule has 2 N–H and O–H groups in total. The van der Waals surface area contributed by atoms with Gasteiger partial charge in [-0.25, -0.2) is 9.78 Å². The molecule has 0 bridgehead atoms. The molecule has 7 nitrogen and oxygen atoms in total. The second-order valence-electron chi connectivity index (χ2n) is 5.94. The van der Waals surface area contributed by atoms with E-state index < -0.39 is 0 Å². The summed E-state index contributed by atoms with van der Waals surface area (Å²) in [5, 5.41) is 7.92. The third kappa shape index (κ3) is 6.86. The standard InChI is InChI=1S/C14H24N4O3S/c1-10-9-22-12(15-10)16-11(19)8-18(6-7-21-5)13(20)17-14(2,3)4/h9H,6-8H2,1-5H3,(H,17,20)(H,15,16,19). The molecule has 0 aromatic carbocycles. The number of aromatic nitrogens is 1. The van der Waals surface area contributed by atoms with Crippen LogP contribution in [0.25, 0.3) is 0 Å². The minimum absolute atomic E-state index is 0.0517. The number of amides is 3. The summed E-state index contributed by atoms with van der Waals surface area (Å²) in [6.45, 7) is 8.16. The number of anilines is 1. The number of methoxy groups -OCH3 is 1. The van der Waals surface area contributed by atoms with Crippen molar-refractivity contribution >= 4 is 28.4 Å². The fourth-order valence-electron chi connectivity index (χ4n) is 1.60. The Hall–Kier alpha value is -1.67. The fraction of sp³-hybridized carbons (Fsp3) is 0.643. The zero-order valence-corrected chi connectivity index (χ0v) is 14.5. The Kier molecular flexibility index (Phi) is 6.76. The molecule has 8 heteroatoms. The van der Waals surface area contributed by atoms with Gasteiger partial charge in [-0.15, -0.1) is 11.3 Å². The topological polar surface area (TPSA) is 83.6 Å². The minimum Gasteiger partial charge on any atom is -0.383 e. The summed E-state index contributed by atoms with van der Waals surface area (Å²) >= 11 is 1.35. The Morgan fingerprint density at radius 2 is 2.09 bits per heavy atom. The van der Waals surface area contributed by atoms with Crippen LogP contribution in [0, 0.1) is 6.92 Å². The van der Waals surface area contributed by atoms with Crippen molar-refractivity contribution in [1.82, 2.24) is 15.2 Å². The predicted molar refractivity (Wildman–Crippen MR) is 87.2 cm³/mol. The van der Waals surface area contributed by atoms with Crippen molar-refractivity contribution in [1.29, 1.82) is 0 Å². The number of thiazole rings is 1. The van der Waals surface area contributed by atoms with Crippen LogP contribution in [0.2, 0.25) is 0 Å². The van der Waals surface area contributed by atoms with Crippen molar-refractivity contribution in [2.24, 2.45) is 0 Å². The van der Waals surface area contributed by atoms with Crippen LogP contribution in [0.1, 0.15) is 26.5 Å². The van der Waals surface area contributed by atoms with Crippen LogP contribution in [-0.4, -0.2) is 54.2 Å². The number of hydrogen-bond donors (Lipinski definition) is 2. The van der Waals surface area contributed by atoms with Crippen LogP contribution in [0.15, 0.2) is 5.38 Å². The number of ether oxygens (including phenoxy) is 1. The molecule has 0 spiro atoms. The summed E-state index contributed by atoms with van der Waals surface area (Å²) in [4.78, 5) is 29.9. The summed E-state index contributed by atoms with van der Waals surface area (Å²) in [7, 11) is 1.55. The maximum Gasteiger partial charge on any atom is 0.318 e. The number of carbonyl (C=O) groups excluding carboxylic acids is 2. The zero-order valence-electron chi connectivity index (χ0n) is 13.7. The predicted octanol–water partition coefficient (Wildman–Crippen LogP) is 1.85. The van der Waals surface area contributed by atoms with E-state index in [2.05, 4.69) is 15.6 Å². The summed E-state index contributed by atoms with van der Waals surface area (Å²) in [6.07, 6.45) is 0. The number of carbonyl (C=O) groups is 2. The maximum atomic E-state index is 12.2. The normalized spacial score (nSPS) is 11.1. The average Bonchev–Trinajstić information content (AvgIpc) is 2.77. The van der Waals surface area contributed by atoms with Gasteiger partial charge in [-0.2, -0.15) is 0 Å². The first-order chi connectivity index (χ1) is 10.2. The van der Waals surface area contributed by atoms with E-state index in [0.717, 1.165) is 5.69 Å². The third-order valence-corrected chi connectivity index (χ3v) is 3.41. The van der Waals surface area contributed by atoms with E-state index in [0.29, 0.717) is 18.3 Å². The van der Waals surface area contributed by atoms with Crippen molar-refractivity contribution < 1.29 is 14.3 Å². The lowest BCUT2D eigenvalue weighted by Crippen LogP contribution is -2.51. The molecule has 0 aliphatic carbocycles.